The van der Waals surface area contributed by atoms with Gasteiger partial charge in [-0.15, -0.1) is 0 Å². The van der Waals surface area contributed by atoms with Crippen molar-refractivity contribution in [2.24, 2.45) is 5.92 Å². The zero-order chi connectivity index (χ0) is 18.4. The number of benzene rings is 1. The van der Waals surface area contributed by atoms with E-state index in [1.165, 1.54) is 5.56 Å². The molecule has 1 amide bonds. The van der Waals surface area contributed by atoms with Crippen LogP contribution >= 0.6 is 0 Å². The maximum Gasteiger partial charge on any atom is 0.225 e. The van der Waals surface area contributed by atoms with Gasteiger partial charge >= 0.3 is 0 Å². The number of amides is 1. The minimum absolute atomic E-state index is 0.00551. The first kappa shape index (κ1) is 18.5. The molecule has 138 valence electrons. The lowest BCUT2D eigenvalue weighted by molar-refractivity contribution is -0.128. The fraction of sp³-hybridized carbons (Fsp3) is 0.450. The summed E-state index contributed by atoms with van der Waals surface area (Å²) in [5.41, 5.74) is 2.05. The topological polar surface area (TPSA) is 78.4 Å². The van der Waals surface area contributed by atoms with Crippen molar-refractivity contribution in [1.82, 2.24) is 20.2 Å². The molecule has 1 aliphatic rings. The highest BCUT2D eigenvalue weighted by Gasteiger charge is 2.40. The third kappa shape index (κ3) is 4.65. The lowest BCUT2D eigenvalue weighted by atomic mass is 10.0. The van der Waals surface area contributed by atoms with Gasteiger partial charge < -0.3 is 10.4 Å². The van der Waals surface area contributed by atoms with E-state index in [2.05, 4.69) is 32.3 Å². The maximum absolute atomic E-state index is 12.4. The summed E-state index contributed by atoms with van der Waals surface area (Å²) in [6.07, 6.45) is 6.51. The summed E-state index contributed by atoms with van der Waals surface area (Å²) in [6, 6.07) is 10.2. The molecule has 0 bridgehead atoms. The molecule has 3 atom stereocenters. The summed E-state index contributed by atoms with van der Waals surface area (Å²) < 4.78 is 0. The van der Waals surface area contributed by atoms with Crippen molar-refractivity contribution in [3.05, 3.63) is 60.2 Å². The average Bonchev–Trinajstić information content (AvgIpc) is 3.05. The van der Waals surface area contributed by atoms with E-state index in [4.69, 9.17) is 0 Å². The van der Waals surface area contributed by atoms with E-state index in [1.807, 2.05) is 25.2 Å². The van der Waals surface area contributed by atoms with Crippen molar-refractivity contribution in [2.45, 2.75) is 38.0 Å². The Bertz CT molecular complexity index is 695. The SMILES string of the molecule is CN(Cc1ccccc1)[C@@H]1CC[C@@H](C(=O)NCCc2cnccn2)[C@@H]1O. The van der Waals surface area contributed by atoms with Crippen LogP contribution in [0, 0.1) is 5.92 Å². The third-order valence-corrected chi connectivity index (χ3v) is 5.05. The van der Waals surface area contributed by atoms with E-state index in [9.17, 15) is 9.90 Å². The summed E-state index contributed by atoms with van der Waals surface area (Å²) in [6.45, 7) is 1.27. The number of aliphatic hydroxyl groups is 1. The van der Waals surface area contributed by atoms with E-state index >= 15 is 0 Å². The van der Waals surface area contributed by atoms with Crippen LogP contribution in [0.15, 0.2) is 48.9 Å². The van der Waals surface area contributed by atoms with Crippen molar-refractivity contribution < 1.29 is 9.90 Å². The maximum atomic E-state index is 12.4. The normalized spacial score (nSPS) is 22.5. The van der Waals surface area contributed by atoms with Crippen molar-refractivity contribution >= 4 is 5.91 Å². The molecule has 0 aliphatic heterocycles. The standard InChI is InChI=1S/C20H26N4O2/c1-24(14-15-5-3-2-4-6-15)18-8-7-17(19(18)25)20(26)23-10-9-16-13-21-11-12-22-16/h2-6,11-13,17-19,25H,7-10,14H2,1H3,(H,23,26)/t17-,18-,19+/m1/s1. The van der Waals surface area contributed by atoms with Crippen molar-refractivity contribution in [3.8, 4) is 0 Å². The molecular formula is C20H26N4O2. The van der Waals surface area contributed by atoms with Crippen LogP contribution in [0.3, 0.4) is 0 Å². The molecule has 1 aromatic carbocycles. The first-order valence-electron chi connectivity index (χ1n) is 9.10. The molecule has 2 aromatic rings. The molecule has 0 spiro atoms. The number of carbonyl (C=O) groups is 1. The highest BCUT2D eigenvalue weighted by Crippen LogP contribution is 2.30. The number of carbonyl (C=O) groups excluding carboxylic acids is 1. The zero-order valence-electron chi connectivity index (χ0n) is 15.1. The minimum atomic E-state index is -0.639. The monoisotopic (exact) mass is 354 g/mol. The molecule has 0 saturated heterocycles. The second-order valence-corrected chi connectivity index (χ2v) is 6.88. The van der Waals surface area contributed by atoms with Crippen LogP contribution in [0.5, 0.6) is 0 Å². The van der Waals surface area contributed by atoms with Gasteiger partial charge in [-0.2, -0.15) is 0 Å². The van der Waals surface area contributed by atoms with Crippen LogP contribution in [-0.4, -0.2) is 51.6 Å². The summed E-state index contributed by atoms with van der Waals surface area (Å²) in [5, 5.41) is 13.6. The van der Waals surface area contributed by atoms with Crippen LogP contribution in [-0.2, 0) is 17.8 Å². The van der Waals surface area contributed by atoms with Gasteiger partial charge in [0.1, 0.15) is 0 Å². The molecule has 1 saturated carbocycles. The Morgan fingerprint density at radius 1 is 1.27 bits per heavy atom. The van der Waals surface area contributed by atoms with Crippen LogP contribution in [0.1, 0.15) is 24.1 Å². The van der Waals surface area contributed by atoms with Crippen molar-refractivity contribution in [3.63, 3.8) is 0 Å². The number of nitrogens with zero attached hydrogens (tertiary/aromatic N) is 3. The Balaban J connectivity index is 1.48. The van der Waals surface area contributed by atoms with Crippen molar-refractivity contribution in [1.29, 1.82) is 0 Å². The lowest BCUT2D eigenvalue weighted by Crippen LogP contribution is -2.43. The number of rotatable bonds is 7. The molecule has 1 heterocycles. The number of aromatic nitrogens is 2. The van der Waals surface area contributed by atoms with Gasteiger partial charge in [-0.05, 0) is 25.5 Å². The molecular weight excluding hydrogens is 328 g/mol. The van der Waals surface area contributed by atoms with Gasteiger partial charge in [0.2, 0.25) is 5.91 Å². The third-order valence-electron chi connectivity index (χ3n) is 5.05. The second kappa shape index (κ2) is 8.87. The predicted octanol–water partition coefficient (Wildman–Crippen LogP) is 1.41. The van der Waals surface area contributed by atoms with E-state index in [0.29, 0.717) is 19.4 Å². The number of hydrogen-bond donors (Lipinski definition) is 2. The predicted molar refractivity (Wildman–Crippen MR) is 99.2 cm³/mol. The fourth-order valence-electron chi connectivity index (χ4n) is 3.62. The fourth-order valence-corrected chi connectivity index (χ4v) is 3.62. The number of aliphatic hydroxyl groups excluding tert-OH is 1. The number of nitrogens with one attached hydrogen (secondary N) is 1. The average molecular weight is 354 g/mol. The van der Waals surface area contributed by atoms with Crippen molar-refractivity contribution in [2.75, 3.05) is 13.6 Å². The number of likely N-dealkylation sites (N-methyl/N-ethyl adjacent to an activating group) is 1. The van der Waals surface area contributed by atoms with Gasteiger partial charge in [0, 0.05) is 44.1 Å². The first-order valence-corrected chi connectivity index (χ1v) is 9.10. The molecule has 6 heteroatoms. The van der Waals surface area contributed by atoms with Gasteiger partial charge in [-0.25, -0.2) is 0 Å². The second-order valence-electron chi connectivity index (χ2n) is 6.88. The Morgan fingerprint density at radius 2 is 2.08 bits per heavy atom. The minimum Gasteiger partial charge on any atom is -0.391 e. The van der Waals surface area contributed by atoms with Gasteiger partial charge in [0.25, 0.3) is 0 Å². The van der Waals surface area contributed by atoms with Crippen LogP contribution in [0.4, 0.5) is 0 Å². The van der Waals surface area contributed by atoms with E-state index in [1.54, 1.807) is 18.6 Å². The smallest absolute Gasteiger partial charge is 0.225 e. The van der Waals surface area contributed by atoms with Crippen LogP contribution < -0.4 is 5.32 Å². The van der Waals surface area contributed by atoms with Gasteiger partial charge in [-0.3, -0.25) is 19.7 Å². The highest BCUT2D eigenvalue weighted by atomic mass is 16.3. The molecule has 1 aliphatic carbocycles. The summed E-state index contributed by atoms with van der Waals surface area (Å²) in [4.78, 5) is 22.8. The van der Waals surface area contributed by atoms with Gasteiger partial charge in [0.15, 0.2) is 0 Å². The van der Waals surface area contributed by atoms with E-state index in [0.717, 1.165) is 18.7 Å². The van der Waals surface area contributed by atoms with Gasteiger partial charge in [-0.1, -0.05) is 30.3 Å². The quantitative estimate of drug-likeness (QED) is 0.786. The highest BCUT2D eigenvalue weighted by molar-refractivity contribution is 5.79. The molecule has 6 nitrogen and oxygen atoms in total. The first-order chi connectivity index (χ1) is 12.6. The Labute approximate surface area is 154 Å². The van der Waals surface area contributed by atoms with Crippen LogP contribution in [0.2, 0.25) is 0 Å². The van der Waals surface area contributed by atoms with Gasteiger partial charge in [0.05, 0.1) is 17.7 Å². The Hall–Kier alpha value is -2.31. The molecule has 1 fully saturated rings. The van der Waals surface area contributed by atoms with Crippen LogP contribution in [0.25, 0.3) is 0 Å². The number of hydrogen-bond acceptors (Lipinski definition) is 5. The molecule has 3 rings (SSSR count). The summed E-state index contributed by atoms with van der Waals surface area (Å²) >= 11 is 0. The van der Waals surface area contributed by atoms with E-state index in [-0.39, 0.29) is 17.9 Å². The Morgan fingerprint density at radius 3 is 2.81 bits per heavy atom. The molecule has 1 aromatic heterocycles. The lowest BCUT2D eigenvalue weighted by Gasteiger charge is -2.28. The van der Waals surface area contributed by atoms with E-state index < -0.39 is 6.10 Å². The Kier molecular flexibility index (Phi) is 6.30. The molecule has 26 heavy (non-hydrogen) atoms. The molecule has 2 N–H and O–H groups in total. The largest absolute Gasteiger partial charge is 0.391 e. The zero-order valence-corrected chi connectivity index (χ0v) is 15.1. The summed E-state index contributed by atoms with van der Waals surface area (Å²) in [7, 11) is 2.01. The summed E-state index contributed by atoms with van der Waals surface area (Å²) in [5.74, 6) is -0.419. The molecule has 0 radical (unpaired) electrons. The molecule has 0 unspecified atom stereocenters.